The van der Waals surface area contributed by atoms with Crippen LogP contribution < -0.4 is 5.32 Å². The van der Waals surface area contributed by atoms with Gasteiger partial charge in [-0.1, -0.05) is 19.9 Å². The van der Waals surface area contributed by atoms with Crippen LogP contribution in [0.4, 0.5) is 11.4 Å². The number of nitrogens with one attached hydrogen (secondary N) is 1. The first-order chi connectivity index (χ1) is 12.2. The molecule has 5 nitrogen and oxygen atoms in total. The molecule has 0 aliphatic heterocycles. The maximum Gasteiger partial charge on any atom is 0.258 e. The first kappa shape index (κ1) is 23.3. The summed E-state index contributed by atoms with van der Waals surface area (Å²) in [5.41, 5.74) is 6.33. The van der Waals surface area contributed by atoms with Gasteiger partial charge in [0.15, 0.2) is 5.78 Å². The standard InChI is InChI=1S/C21H24N3O2.Y/c1-12-7-8-18(15(4)9-12)23-24-20(17(6)25)21(26)22-19-11-14(3)13(2)10-16(19)5;/h8-11,20H,1-6H3,(H,22,26);/q-1;. The van der Waals surface area contributed by atoms with Crippen LogP contribution in [-0.4, -0.2) is 17.7 Å². The number of nitrogens with zero attached hydrogens (tertiary/aromatic N) is 2. The van der Waals surface area contributed by atoms with Crippen molar-refractivity contribution >= 4 is 23.1 Å². The van der Waals surface area contributed by atoms with Crippen molar-refractivity contribution in [3.63, 3.8) is 0 Å². The summed E-state index contributed by atoms with van der Waals surface area (Å²) in [7, 11) is 0. The third kappa shape index (κ3) is 6.15. The number of carbonyl (C=O) groups excluding carboxylic acids is 2. The van der Waals surface area contributed by atoms with E-state index in [9.17, 15) is 9.59 Å². The van der Waals surface area contributed by atoms with Gasteiger partial charge in [-0.3, -0.25) is 9.59 Å². The second-order valence-electron chi connectivity index (χ2n) is 6.65. The quantitative estimate of drug-likeness (QED) is 0.417. The van der Waals surface area contributed by atoms with E-state index in [2.05, 4.69) is 21.6 Å². The van der Waals surface area contributed by atoms with E-state index in [1.807, 2.05) is 52.8 Å². The molecule has 139 valence electrons. The first-order valence-electron chi connectivity index (χ1n) is 8.48. The summed E-state index contributed by atoms with van der Waals surface area (Å²) in [6.07, 6.45) is 0. The van der Waals surface area contributed by atoms with Gasteiger partial charge in [0.2, 0.25) is 6.04 Å². The van der Waals surface area contributed by atoms with Gasteiger partial charge in [0.1, 0.15) is 0 Å². The van der Waals surface area contributed by atoms with Crippen molar-refractivity contribution < 1.29 is 42.3 Å². The molecule has 0 aliphatic carbocycles. The molecule has 0 spiro atoms. The van der Waals surface area contributed by atoms with Crippen LogP contribution in [0, 0.1) is 40.7 Å². The first-order valence-corrected chi connectivity index (χ1v) is 8.48. The topological polar surface area (TPSA) is 70.9 Å². The minimum Gasteiger partial charge on any atom is -0.324 e. The predicted octanol–water partition coefficient (Wildman–Crippen LogP) is 4.71. The summed E-state index contributed by atoms with van der Waals surface area (Å²) >= 11 is 0. The normalized spacial score (nSPS) is 11.8. The summed E-state index contributed by atoms with van der Waals surface area (Å²) < 4.78 is 0. The number of azo groups is 1. The molecule has 1 amide bonds. The Hall–Kier alpha value is -1.72. The molecular formula is C21H24N3O2Y-. The van der Waals surface area contributed by atoms with Crippen molar-refractivity contribution in [3.8, 4) is 0 Å². The number of amides is 1. The number of ketones is 1. The van der Waals surface area contributed by atoms with Gasteiger partial charge in [0.25, 0.3) is 5.91 Å². The number of hydrogen-bond donors (Lipinski definition) is 1. The van der Waals surface area contributed by atoms with E-state index in [0.717, 1.165) is 27.8 Å². The number of Topliss-reactive ketones (excluding diaryl/α,β-unsaturated/α-hetero) is 1. The molecule has 6 heteroatoms. The molecule has 1 radical (unpaired) electrons. The molecule has 1 atom stereocenters. The number of carbonyl (C=O) groups is 2. The molecule has 0 bridgehead atoms. The second-order valence-corrected chi connectivity index (χ2v) is 6.65. The molecule has 0 aliphatic rings. The van der Waals surface area contributed by atoms with E-state index < -0.39 is 11.9 Å². The fourth-order valence-electron chi connectivity index (χ4n) is 2.58. The predicted molar refractivity (Wildman–Crippen MR) is 103 cm³/mol. The van der Waals surface area contributed by atoms with Crippen LogP contribution in [-0.2, 0) is 42.3 Å². The van der Waals surface area contributed by atoms with Gasteiger partial charge in [-0.15, -0.1) is 11.6 Å². The summed E-state index contributed by atoms with van der Waals surface area (Å²) in [5, 5.41) is 10.9. The molecule has 2 rings (SSSR count). The molecular weight excluding hydrogens is 415 g/mol. The van der Waals surface area contributed by atoms with Crippen molar-refractivity contribution in [2.24, 2.45) is 10.2 Å². The molecule has 2 aromatic carbocycles. The molecule has 1 unspecified atom stereocenters. The van der Waals surface area contributed by atoms with E-state index in [1.54, 1.807) is 6.07 Å². The largest absolute Gasteiger partial charge is 0.324 e. The third-order valence-corrected chi connectivity index (χ3v) is 4.29. The van der Waals surface area contributed by atoms with Gasteiger partial charge in [0.05, 0.1) is 0 Å². The summed E-state index contributed by atoms with van der Waals surface area (Å²) in [4.78, 5) is 24.5. The maximum absolute atomic E-state index is 12.6. The van der Waals surface area contributed by atoms with Crippen LogP contribution in [0.2, 0.25) is 0 Å². The number of anilines is 1. The molecule has 0 saturated heterocycles. The van der Waals surface area contributed by atoms with Crippen molar-refractivity contribution in [1.82, 2.24) is 0 Å². The minimum atomic E-state index is -1.18. The zero-order chi connectivity index (χ0) is 19.4. The van der Waals surface area contributed by atoms with Gasteiger partial charge in [-0.25, -0.2) is 5.11 Å². The smallest absolute Gasteiger partial charge is 0.258 e. The Morgan fingerprint density at radius 2 is 1.59 bits per heavy atom. The van der Waals surface area contributed by atoms with Crippen LogP contribution in [0.1, 0.15) is 34.7 Å². The SMILES string of the molecule is CC(=O)C(N=Nc1c[c-]c(C)cc1C)C(=O)Nc1cc(C)c(C)cc1C.[Y]. The van der Waals surface area contributed by atoms with E-state index in [-0.39, 0.29) is 38.5 Å². The Kier molecular flexibility index (Phi) is 8.64. The van der Waals surface area contributed by atoms with E-state index >= 15 is 0 Å². The second kappa shape index (κ2) is 10.0. The van der Waals surface area contributed by atoms with Crippen LogP contribution in [0.15, 0.2) is 34.5 Å². The van der Waals surface area contributed by atoms with Crippen LogP contribution in [0.3, 0.4) is 0 Å². The fraction of sp³-hybridized carbons (Fsp3) is 0.333. The van der Waals surface area contributed by atoms with Gasteiger partial charge in [0, 0.05) is 38.4 Å². The van der Waals surface area contributed by atoms with Crippen LogP contribution >= 0.6 is 0 Å². The minimum absolute atomic E-state index is 0. The maximum atomic E-state index is 12.6. The Bertz CT molecular complexity index is 891. The molecule has 0 aromatic heterocycles. The molecule has 2 aromatic rings. The summed E-state index contributed by atoms with van der Waals surface area (Å²) in [6.45, 7) is 11.1. The van der Waals surface area contributed by atoms with Crippen molar-refractivity contribution in [3.05, 3.63) is 58.1 Å². The van der Waals surface area contributed by atoms with Crippen LogP contribution in [0.25, 0.3) is 0 Å². The molecule has 1 N–H and O–H groups in total. The zero-order valence-corrected chi connectivity index (χ0v) is 19.5. The Balaban J connectivity index is 0.00000364. The summed E-state index contributed by atoms with van der Waals surface area (Å²) in [6, 6.07) is 9.39. The number of benzene rings is 2. The van der Waals surface area contributed by atoms with Gasteiger partial charge >= 0.3 is 0 Å². The van der Waals surface area contributed by atoms with Gasteiger partial charge in [-0.2, -0.15) is 22.8 Å². The molecule has 0 heterocycles. The zero-order valence-electron chi connectivity index (χ0n) is 16.7. The van der Waals surface area contributed by atoms with Crippen molar-refractivity contribution in [2.45, 2.75) is 47.6 Å². The Morgan fingerprint density at radius 3 is 2.19 bits per heavy atom. The number of aryl methyl sites for hydroxylation is 5. The molecule has 0 fully saturated rings. The van der Waals surface area contributed by atoms with Crippen molar-refractivity contribution in [2.75, 3.05) is 5.32 Å². The Morgan fingerprint density at radius 1 is 0.963 bits per heavy atom. The number of rotatable bonds is 5. The third-order valence-electron chi connectivity index (χ3n) is 4.29. The van der Waals surface area contributed by atoms with Gasteiger partial charge in [-0.05, 0) is 56.1 Å². The average molecular weight is 439 g/mol. The van der Waals surface area contributed by atoms with E-state index in [1.165, 1.54) is 6.92 Å². The Labute approximate surface area is 185 Å². The van der Waals surface area contributed by atoms with Crippen LogP contribution in [0.5, 0.6) is 0 Å². The number of hydrogen-bond acceptors (Lipinski definition) is 4. The molecule has 27 heavy (non-hydrogen) atoms. The fourth-order valence-corrected chi connectivity index (χ4v) is 2.58. The monoisotopic (exact) mass is 439 g/mol. The molecule has 0 saturated carbocycles. The average Bonchev–Trinajstić information content (AvgIpc) is 2.54. The van der Waals surface area contributed by atoms with E-state index in [0.29, 0.717) is 11.4 Å². The van der Waals surface area contributed by atoms with Gasteiger partial charge < -0.3 is 5.32 Å². The van der Waals surface area contributed by atoms with Crippen molar-refractivity contribution in [1.29, 1.82) is 0 Å². The summed E-state index contributed by atoms with van der Waals surface area (Å²) in [5.74, 6) is -0.845. The van der Waals surface area contributed by atoms with E-state index in [4.69, 9.17) is 0 Å².